The monoisotopic (exact) mass is 529 g/mol. The van der Waals surface area contributed by atoms with Gasteiger partial charge in [-0.2, -0.15) is 4.98 Å². The van der Waals surface area contributed by atoms with Crippen molar-refractivity contribution in [1.82, 2.24) is 14.5 Å². The highest BCUT2D eigenvalue weighted by molar-refractivity contribution is 6.17. The molecule has 3 heterocycles. The minimum absolute atomic E-state index is 0.0695. The summed E-state index contributed by atoms with van der Waals surface area (Å²) < 4.78 is 8.67. The van der Waals surface area contributed by atoms with Crippen LogP contribution in [0.25, 0.3) is 67.3 Å². The number of rotatable bonds is 2. The van der Waals surface area contributed by atoms with Crippen molar-refractivity contribution in [3.05, 3.63) is 120 Å². The van der Waals surface area contributed by atoms with Crippen LogP contribution in [0.5, 0.6) is 0 Å². The number of fused-ring (bicyclic) bond motifs is 10. The molecule has 0 fully saturated rings. The number of para-hydroxylation sites is 1. The van der Waals surface area contributed by atoms with E-state index in [9.17, 15) is 0 Å². The molecule has 2 aliphatic carbocycles. The zero-order chi connectivity index (χ0) is 27.3. The Hall–Kier alpha value is -4.96. The number of allylic oxidation sites excluding steroid dienone is 1. The average molecular weight is 530 g/mol. The minimum atomic E-state index is -0.0695. The fourth-order valence-electron chi connectivity index (χ4n) is 7.21. The molecule has 4 nitrogen and oxygen atoms in total. The molecule has 196 valence electrons. The maximum absolute atomic E-state index is 6.45. The molecule has 7 aromatic rings. The van der Waals surface area contributed by atoms with E-state index in [-0.39, 0.29) is 5.41 Å². The lowest BCUT2D eigenvalue weighted by Crippen LogP contribution is -2.14. The molecule has 0 spiro atoms. The number of hydrogen-bond acceptors (Lipinski definition) is 3. The van der Waals surface area contributed by atoms with Crippen LogP contribution in [0.4, 0.5) is 0 Å². The van der Waals surface area contributed by atoms with E-state index < -0.39 is 0 Å². The van der Waals surface area contributed by atoms with Gasteiger partial charge in [0.25, 0.3) is 0 Å². The normalized spacial score (nSPS) is 15.0. The summed E-state index contributed by atoms with van der Waals surface area (Å²) in [6.07, 6.45) is 6.24. The first-order valence-electron chi connectivity index (χ1n) is 14.3. The molecule has 0 saturated carbocycles. The predicted octanol–water partition coefficient (Wildman–Crippen LogP) is 9.25. The lowest BCUT2D eigenvalue weighted by molar-refractivity contribution is 0.536. The van der Waals surface area contributed by atoms with Gasteiger partial charge in [0.1, 0.15) is 5.76 Å². The number of hydrogen-bond donors (Lipinski definition) is 0. The van der Waals surface area contributed by atoms with Gasteiger partial charge >= 0.3 is 0 Å². The molecular formula is C37H27N3O. The number of aromatic nitrogens is 3. The second-order valence-electron chi connectivity index (χ2n) is 11.7. The quantitative estimate of drug-likeness (QED) is 0.224. The van der Waals surface area contributed by atoms with Gasteiger partial charge in [-0.05, 0) is 40.8 Å². The van der Waals surface area contributed by atoms with Crippen molar-refractivity contribution in [2.45, 2.75) is 32.1 Å². The zero-order valence-electron chi connectivity index (χ0n) is 23.0. The van der Waals surface area contributed by atoms with Crippen LogP contribution in [0.2, 0.25) is 0 Å². The van der Waals surface area contributed by atoms with Crippen molar-refractivity contribution >= 4 is 39.0 Å². The first-order valence-corrected chi connectivity index (χ1v) is 14.3. The summed E-state index contributed by atoms with van der Waals surface area (Å²) in [7, 11) is 0. The predicted molar refractivity (Wildman–Crippen MR) is 166 cm³/mol. The van der Waals surface area contributed by atoms with Gasteiger partial charge in [-0.3, -0.25) is 4.57 Å². The standard InChI is InChI=1S/C37H27N3O/c1-37(2)26-17-9-6-14-23(26)31-27(37)20-21-29-32(31)24-15-7-10-18-28(24)40(29)36-38-34(22-12-4-3-5-13-22)33-25-16-8-11-19-30(25)41-35(33)39-36/h3-10,12-18,20-21H,11,19H2,1-2H3. The Labute approximate surface area is 237 Å². The largest absolute Gasteiger partial charge is 0.442 e. The summed E-state index contributed by atoms with van der Waals surface area (Å²) in [5, 5.41) is 3.45. The summed E-state index contributed by atoms with van der Waals surface area (Å²) in [5.74, 6) is 1.62. The highest BCUT2D eigenvalue weighted by Gasteiger charge is 2.37. The average Bonchev–Trinajstić information content (AvgIpc) is 3.63. The topological polar surface area (TPSA) is 43.9 Å². The molecule has 0 saturated heterocycles. The maximum atomic E-state index is 6.45. The molecule has 0 N–H and O–H groups in total. The van der Waals surface area contributed by atoms with E-state index in [1.807, 2.05) is 6.07 Å². The van der Waals surface area contributed by atoms with Gasteiger partial charge in [-0.1, -0.05) is 105 Å². The molecule has 4 heteroatoms. The fourth-order valence-corrected chi connectivity index (χ4v) is 7.21. The summed E-state index contributed by atoms with van der Waals surface area (Å²) in [5.41, 5.74) is 11.2. The number of nitrogens with zero attached hydrogens (tertiary/aromatic N) is 3. The Bertz CT molecular complexity index is 2230. The zero-order valence-corrected chi connectivity index (χ0v) is 23.0. The van der Waals surface area contributed by atoms with Crippen molar-refractivity contribution < 1.29 is 4.42 Å². The SMILES string of the molecule is CC1(C)c2ccccc2-c2c1ccc1c2c2ccccc2n1-c1nc(-c2ccccc2)c2c3c(oc2n1)CCC=C3. The first kappa shape index (κ1) is 22.8. The van der Waals surface area contributed by atoms with Gasteiger partial charge in [0.2, 0.25) is 11.7 Å². The summed E-state index contributed by atoms with van der Waals surface area (Å²) in [6, 6.07) is 32.5. The molecule has 2 aliphatic rings. The Morgan fingerprint density at radius 1 is 0.756 bits per heavy atom. The van der Waals surface area contributed by atoms with Crippen LogP contribution in [-0.2, 0) is 11.8 Å². The van der Waals surface area contributed by atoms with Gasteiger partial charge in [-0.15, -0.1) is 0 Å². The van der Waals surface area contributed by atoms with Gasteiger partial charge < -0.3 is 4.42 Å². The van der Waals surface area contributed by atoms with E-state index in [2.05, 4.69) is 115 Å². The molecular weight excluding hydrogens is 502 g/mol. The van der Waals surface area contributed by atoms with Crippen molar-refractivity contribution in [2.75, 3.05) is 0 Å². The first-order chi connectivity index (χ1) is 20.1. The molecule has 41 heavy (non-hydrogen) atoms. The Morgan fingerprint density at radius 2 is 1.56 bits per heavy atom. The molecule has 0 amide bonds. The van der Waals surface area contributed by atoms with Gasteiger partial charge in [0, 0.05) is 33.7 Å². The van der Waals surface area contributed by atoms with Crippen LogP contribution in [-0.4, -0.2) is 14.5 Å². The summed E-state index contributed by atoms with van der Waals surface area (Å²) in [6.45, 7) is 4.66. The van der Waals surface area contributed by atoms with E-state index in [4.69, 9.17) is 14.4 Å². The van der Waals surface area contributed by atoms with Gasteiger partial charge in [-0.25, -0.2) is 4.98 Å². The molecule has 0 unspecified atom stereocenters. The van der Waals surface area contributed by atoms with Crippen LogP contribution in [0.15, 0.2) is 101 Å². The van der Waals surface area contributed by atoms with Crippen LogP contribution in [0.3, 0.4) is 0 Å². The van der Waals surface area contributed by atoms with Crippen molar-refractivity contribution in [3.63, 3.8) is 0 Å². The third kappa shape index (κ3) is 2.99. The van der Waals surface area contributed by atoms with Crippen molar-refractivity contribution in [3.8, 4) is 28.3 Å². The van der Waals surface area contributed by atoms with E-state index >= 15 is 0 Å². The number of benzene rings is 4. The molecule has 0 atom stereocenters. The van der Waals surface area contributed by atoms with E-state index in [0.717, 1.165) is 51.8 Å². The van der Waals surface area contributed by atoms with Crippen LogP contribution >= 0.6 is 0 Å². The second kappa shape index (κ2) is 8.05. The van der Waals surface area contributed by atoms with E-state index in [1.54, 1.807) is 0 Å². The van der Waals surface area contributed by atoms with Crippen molar-refractivity contribution in [2.24, 2.45) is 0 Å². The molecule has 0 radical (unpaired) electrons. The highest BCUT2D eigenvalue weighted by Crippen LogP contribution is 2.53. The Morgan fingerprint density at radius 3 is 2.46 bits per heavy atom. The molecule has 4 aromatic carbocycles. The number of aryl methyl sites for hydroxylation is 1. The second-order valence-corrected chi connectivity index (χ2v) is 11.7. The smallest absolute Gasteiger partial charge is 0.238 e. The third-order valence-electron chi connectivity index (χ3n) is 9.11. The van der Waals surface area contributed by atoms with E-state index in [1.165, 1.54) is 33.0 Å². The third-order valence-corrected chi connectivity index (χ3v) is 9.11. The van der Waals surface area contributed by atoms with Crippen molar-refractivity contribution in [1.29, 1.82) is 0 Å². The fraction of sp³-hybridized carbons (Fsp3) is 0.135. The molecule has 0 aliphatic heterocycles. The Balaban J connectivity index is 1.42. The maximum Gasteiger partial charge on any atom is 0.238 e. The molecule has 0 bridgehead atoms. The Kier molecular flexibility index (Phi) is 4.48. The van der Waals surface area contributed by atoms with Gasteiger partial charge in [0.05, 0.1) is 22.1 Å². The lowest BCUT2D eigenvalue weighted by atomic mass is 9.82. The van der Waals surface area contributed by atoms with Crippen LogP contribution in [0.1, 0.15) is 42.7 Å². The van der Waals surface area contributed by atoms with Crippen LogP contribution in [0, 0.1) is 0 Å². The van der Waals surface area contributed by atoms with Gasteiger partial charge in [0.15, 0.2) is 0 Å². The summed E-state index contributed by atoms with van der Waals surface area (Å²) >= 11 is 0. The molecule has 9 rings (SSSR count). The summed E-state index contributed by atoms with van der Waals surface area (Å²) in [4.78, 5) is 10.4. The van der Waals surface area contributed by atoms with Crippen LogP contribution < -0.4 is 0 Å². The molecule has 3 aromatic heterocycles. The number of furan rings is 1. The highest BCUT2D eigenvalue weighted by atomic mass is 16.3. The van der Waals surface area contributed by atoms with E-state index in [0.29, 0.717) is 11.7 Å². The lowest BCUT2D eigenvalue weighted by Gasteiger charge is -2.21. The minimum Gasteiger partial charge on any atom is -0.442 e.